The third-order valence-electron chi connectivity index (χ3n) is 10.5. The number of unbranched alkanes of at least 4 members (excludes halogenated alkanes) is 17. The number of rotatable bonds is 45. The molecule has 0 saturated heterocycles. The smallest absolute Gasteiger partial charge is 0.306 e. The molecule has 0 N–H and O–H groups in total. The van der Waals surface area contributed by atoms with Crippen LogP contribution in [0.1, 0.15) is 213 Å². The maximum Gasteiger partial charge on any atom is 0.306 e. The molecule has 0 fully saturated rings. The second-order valence-electron chi connectivity index (χ2n) is 16.8. The van der Waals surface area contributed by atoms with Crippen LogP contribution < -0.4 is 0 Å². The molecule has 0 aromatic heterocycles. The van der Waals surface area contributed by atoms with E-state index in [4.69, 9.17) is 14.2 Å². The van der Waals surface area contributed by atoms with Crippen LogP contribution in [0.4, 0.5) is 0 Å². The number of allylic oxidation sites excluding steroid dienone is 20. The normalized spacial score (nSPS) is 13.1. The summed E-state index contributed by atoms with van der Waals surface area (Å²) < 4.78 is 16.7. The third-order valence-corrected chi connectivity index (χ3v) is 10.5. The van der Waals surface area contributed by atoms with Gasteiger partial charge in [-0.3, -0.25) is 14.4 Å². The van der Waals surface area contributed by atoms with Gasteiger partial charge in [0.25, 0.3) is 0 Å². The van der Waals surface area contributed by atoms with E-state index < -0.39 is 12.1 Å². The van der Waals surface area contributed by atoms with E-state index in [9.17, 15) is 14.4 Å². The average Bonchev–Trinajstić information content (AvgIpc) is 3.30. The van der Waals surface area contributed by atoms with E-state index in [0.29, 0.717) is 19.3 Å². The summed E-state index contributed by atoms with van der Waals surface area (Å²) in [5.74, 6) is -1.05. The van der Waals surface area contributed by atoms with Gasteiger partial charge in [-0.15, -0.1) is 0 Å². The quantitative estimate of drug-likeness (QED) is 0.0199. The third kappa shape index (κ3) is 50.7. The summed E-state index contributed by atoms with van der Waals surface area (Å²) >= 11 is 0. The molecule has 0 heterocycles. The van der Waals surface area contributed by atoms with E-state index in [2.05, 4.69) is 124 Å². The SMILES string of the molecule is CC\C=C/C=C\C=C/CCCCCCCC(=O)OCC(COC(=O)CCCCCCC/C=C\C=C/CCCCCCCCC)OC(=O)CC/C=C\C/C=C\C/C=C\C/C=C\C/C=C\CC. The van der Waals surface area contributed by atoms with Gasteiger partial charge >= 0.3 is 17.9 Å². The van der Waals surface area contributed by atoms with Crippen LogP contribution in [-0.2, 0) is 28.6 Å². The lowest BCUT2D eigenvalue weighted by Gasteiger charge is -2.18. The topological polar surface area (TPSA) is 78.9 Å². The van der Waals surface area contributed by atoms with Gasteiger partial charge in [-0.25, -0.2) is 0 Å². The summed E-state index contributed by atoms with van der Waals surface area (Å²) in [5.41, 5.74) is 0. The molecular formula is C59H94O6. The Labute approximate surface area is 399 Å². The van der Waals surface area contributed by atoms with Gasteiger partial charge in [0.15, 0.2) is 6.10 Å². The predicted octanol–water partition coefficient (Wildman–Crippen LogP) is 17.3. The van der Waals surface area contributed by atoms with Gasteiger partial charge in [0, 0.05) is 19.3 Å². The van der Waals surface area contributed by atoms with Crippen LogP contribution in [0.2, 0.25) is 0 Å². The molecule has 6 nitrogen and oxygen atoms in total. The minimum absolute atomic E-state index is 0.126. The monoisotopic (exact) mass is 899 g/mol. The first-order valence-electron chi connectivity index (χ1n) is 26.1. The van der Waals surface area contributed by atoms with E-state index >= 15 is 0 Å². The maximum absolute atomic E-state index is 12.8. The Balaban J connectivity index is 4.55. The summed E-state index contributed by atoms with van der Waals surface area (Å²) in [6, 6.07) is 0. The molecule has 0 spiro atoms. The summed E-state index contributed by atoms with van der Waals surface area (Å²) in [7, 11) is 0. The molecular weight excluding hydrogens is 805 g/mol. The van der Waals surface area contributed by atoms with Crippen LogP contribution in [0.5, 0.6) is 0 Å². The van der Waals surface area contributed by atoms with Gasteiger partial charge in [-0.05, 0) is 96.3 Å². The predicted molar refractivity (Wildman–Crippen MR) is 279 cm³/mol. The Morgan fingerprint density at radius 1 is 0.338 bits per heavy atom. The van der Waals surface area contributed by atoms with Crippen molar-refractivity contribution in [3.05, 3.63) is 122 Å². The first kappa shape index (κ1) is 60.8. The van der Waals surface area contributed by atoms with Crippen LogP contribution in [0.25, 0.3) is 0 Å². The molecule has 0 radical (unpaired) electrons. The fraction of sp³-hybridized carbons (Fsp3) is 0.610. The van der Waals surface area contributed by atoms with Crippen molar-refractivity contribution in [2.24, 2.45) is 0 Å². The summed E-state index contributed by atoms with van der Waals surface area (Å²) in [5, 5.41) is 0. The number of hydrogen-bond donors (Lipinski definition) is 0. The van der Waals surface area contributed by atoms with Gasteiger partial charge in [-0.2, -0.15) is 0 Å². The Hall–Kier alpha value is -4.19. The number of ether oxygens (including phenoxy) is 3. The number of carbonyl (C=O) groups is 3. The highest BCUT2D eigenvalue weighted by atomic mass is 16.6. The second-order valence-corrected chi connectivity index (χ2v) is 16.8. The van der Waals surface area contributed by atoms with Crippen LogP contribution in [0.15, 0.2) is 122 Å². The van der Waals surface area contributed by atoms with Gasteiger partial charge in [-0.1, -0.05) is 219 Å². The Morgan fingerprint density at radius 2 is 0.708 bits per heavy atom. The molecule has 0 aromatic carbocycles. The van der Waals surface area contributed by atoms with Crippen molar-refractivity contribution in [1.29, 1.82) is 0 Å². The van der Waals surface area contributed by atoms with E-state index in [1.165, 1.54) is 51.4 Å². The number of carbonyl (C=O) groups excluding carboxylic acids is 3. The molecule has 0 aliphatic rings. The summed E-state index contributed by atoms with van der Waals surface area (Å²) in [6.45, 7) is 6.27. The largest absolute Gasteiger partial charge is 0.462 e. The van der Waals surface area contributed by atoms with Crippen molar-refractivity contribution in [1.82, 2.24) is 0 Å². The van der Waals surface area contributed by atoms with Crippen LogP contribution in [-0.4, -0.2) is 37.2 Å². The fourth-order valence-corrected chi connectivity index (χ4v) is 6.66. The van der Waals surface area contributed by atoms with Crippen molar-refractivity contribution in [3.63, 3.8) is 0 Å². The Morgan fingerprint density at radius 3 is 1.15 bits per heavy atom. The molecule has 6 heteroatoms. The van der Waals surface area contributed by atoms with Crippen molar-refractivity contribution in [3.8, 4) is 0 Å². The first-order valence-corrected chi connectivity index (χ1v) is 26.1. The lowest BCUT2D eigenvalue weighted by molar-refractivity contribution is -0.166. The van der Waals surface area contributed by atoms with Crippen molar-refractivity contribution < 1.29 is 28.6 Å². The van der Waals surface area contributed by atoms with Crippen molar-refractivity contribution >= 4 is 17.9 Å². The second kappa shape index (κ2) is 52.4. The highest BCUT2D eigenvalue weighted by Crippen LogP contribution is 2.12. The maximum atomic E-state index is 12.8. The molecule has 366 valence electrons. The molecule has 0 aromatic rings. The minimum atomic E-state index is -0.836. The molecule has 0 aliphatic heterocycles. The van der Waals surface area contributed by atoms with Gasteiger partial charge < -0.3 is 14.2 Å². The molecule has 0 bridgehead atoms. The van der Waals surface area contributed by atoms with Crippen LogP contribution in [0, 0.1) is 0 Å². The van der Waals surface area contributed by atoms with Gasteiger partial charge in [0.1, 0.15) is 13.2 Å². The minimum Gasteiger partial charge on any atom is -0.462 e. The molecule has 0 aliphatic carbocycles. The molecule has 1 atom stereocenters. The highest BCUT2D eigenvalue weighted by molar-refractivity contribution is 5.71. The number of hydrogen-bond acceptors (Lipinski definition) is 6. The van der Waals surface area contributed by atoms with E-state index in [-0.39, 0.29) is 31.6 Å². The van der Waals surface area contributed by atoms with Gasteiger partial charge in [0.05, 0.1) is 0 Å². The lowest BCUT2D eigenvalue weighted by Crippen LogP contribution is -2.30. The zero-order valence-corrected chi connectivity index (χ0v) is 41.7. The first-order chi connectivity index (χ1) is 32.0. The van der Waals surface area contributed by atoms with Crippen LogP contribution >= 0.6 is 0 Å². The lowest BCUT2D eigenvalue weighted by atomic mass is 10.1. The molecule has 0 rings (SSSR count). The Kier molecular flexibility index (Phi) is 49.1. The Bertz CT molecular complexity index is 1400. The molecule has 1 unspecified atom stereocenters. The standard InChI is InChI=1S/C59H94O6/c1-4-7-10-13-16-19-22-25-27-29-30-32-34-37-40-43-46-49-52-58(61)64-55-56(54-63-57(60)51-48-45-42-39-36-33-24-21-18-15-12-9-6-3)65-59(62)53-50-47-44-41-38-35-31-28-26-23-20-17-14-11-8-5-2/h8-9,11-12,15,17-18,20-21,24,26-30,32,35,38,44,47,56H,4-7,10,13-14,16,19,22-23,25,31,33-34,36-37,39-43,45-46,48-55H2,1-3H3/b11-8-,12-9-,18-15-,20-17-,24-21-,28-26-,29-27-,32-30-,38-35-,47-44-. The summed E-state index contributed by atoms with van der Waals surface area (Å²) in [4.78, 5) is 38.0. The molecule has 0 amide bonds. The van der Waals surface area contributed by atoms with E-state index in [1.807, 2.05) is 18.2 Å². The zero-order chi connectivity index (χ0) is 47.2. The summed E-state index contributed by atoms with van der Waals surface area (Å²) in [6.07, 6.45) is 72.0. The van der Waals surface area contributed by atoms with E-state index in [0.717, 1.165) is 116 Å². The van der Waals surface area contributed by atoms with Crippen molar-refractivity contribution in [2.75, 3.05) is 13.2 Å². The van der Waals surface area contributed by atoms with Gasteiger partial charge in [0.2, 0.25) is 0 Å². The number of esters is 3. The fourth-order valence-electron chi connectivity index (χ4n) is 6.66. The average molecular weight is 899 g/mol. The zero-order valence-electron chi connectivity index (χ0n) is 41.7. The van der Waals surface area contributed by atoms with Crippen molar-refractivity contribution in [2.45, 2.75) is 219 Å². The van der Waals surface area contributed by atoms with E-state index in [1.54, 1.807) is 0 Å². The molecule has 65 heavy (non-hydrogen) atoms. The van der Waals surface area contributed by atoms with Crippen LogP contribution in [0.3, 0.4) is 0 Å². The molecule has 0 saturated carbocycles. The highest BCUT2D eigenvalue weighted by Gasteiger charge is 2.19.